The number of aryl methyl sites for hydroxylation is 1. The zero-order chi connectivity index (χ0) is 21.7. The number of nitrogens with one attached hydrogen (secondary N) is 1. The number of amides is 1. The third kappa shape index (κ3) is 5.31. The topological polar surface area (TPSA) is 79.0 Å². The SMILES string of the molecule is CC[C@H](C(=O)Nc1ccc(N2CCOCC2)cc1)N(c1ccc(C)cc1)S(C)(=O)=O. The van der Waals surface area contributed by atoms with E-state index < -0.39 is 16.1 Å². The maximum Gasteiger partial charge on any atom is 0.248 e. The Bertz CT molecular complexity index is 953. The summed E-state index contributed by atoms with van der Waals surface area (Å²) in [5.74, 6) is -0.359. The highest BCUT2D eigenvalue weighted by molar-refractivity contribution is 7.92. The van der Waals surface area contributed by atoms with Gasteiger partial charge in [0.1, 0.15) is 6.04 Å². The second kappa shape index (κ2) is 9.49. The summed E-state index contributed by atoms with van der Waals surface area (Å²) >= 11 is 0. The van der Waals surface area contributed by atoms with E-state index in [9.17, 15) is 13.2 Å². The highest BCUT2D eigenvalue weighted by atomic mass is 32.2. The number of carbonyl (C=O) groups excluding carboxylic acids is 1. The van der Waals surface area contributed by atoms with Gasteiger partial charge in [-0.25, -0.2) is 8.42 Å². The molecule has 1 aliphatic rings. The van der Waals surface area contributed by atoms with E-state index in [1.807, 2.05) is 43.3 Å². The number of nitrogens with zero attached hydrogens (tertiary/aromatic N) is 2. The maximum atomic E-state index is 13.0. The van der Waals surface area contributed by atoms with E-state index in [2.05, 4.69) is 10.2 Å². The van der Waals surface area contributed by atoms with Crippen LogP contribution in [-0.2, 0) is 19.6 Å². The molecule has 0 aliphatic carbocycles. The van der Waals surface area contributed by atoms with Crippen LogP contribution in [-0.4, -0.2) is 52.9 Å². The molecule has 1 atom stereocenters. The second-order valence-corrected chi connectivity index (χ2v) is 9.31. The fourth-order valence-electron chi connectivity index (χ4n) is 3.55. The summed E-state index contributed by atoms with van der Waals surface area (Å²) in [5.41, 5.74) is 3.20. The van der Waals surface area contributed by atoms with Crippen molar-refractivity contribution in [2.75, 3.05) is 47.1 Å². The lowest BCUT2D eigenvalue weighted by Crippen LogP contribution is -2.47. The normalized spacial score (nSPS) is 15.5. The van der Waals surface area contributed by atoms with E-state index in [-0.39, 0.29) is 5.91 Å². The Kier molecular flexibility index (Phi) is 6.99. The second-order valence-electron chi connectivity index (χ2n) is 7.45. The minimum atomic E-state index is -3.65. The molecular weight excluding hydrogens is 402 g/mol. The molecule has 1 amide bonds. The van der Waals surface area contributed by atoms with Gasteiger partial charge in [0, 0.05) is 24.5 Å². The molecule has 7 nitrogen and oxygen atoms in total. The molecule has 0 aromatic heterocycles. The Morgan fingerprint density at radius 1 is 1.10 bits per heavy atom. The van der Waals surface area contributed by atoms with Crippen LogP contribution in [0.15, 0.2) is 48.5 Å². The summed E-state index contributed by atoms with van der Waals surface area (Å²) in [6.07, 6.45) is 1.47. The molecule has 162 valence electrons. The molecule has 2 aromatic carbocycles. The van der Waals surface area contributed by atoms with Crippen molar-refractivity contribution < 1.29 is 17.9 Å². The van der Waals surface area contributed by atoms with Crippen LogP contribution in [0.5, 0.6) is 0 Å². The quantitative estimate of drug-likeness (QED) is 0.729. The van der Waals surface area contributed by atoms with Crippen LogP contribution in [0, 0.1) is 6.92 Å². The number of hydrogen-bond donors (Lipinski definition) is 1. The van der Waals surface area contributed by atoms with Gasteiger partial charge in [0.2, 0.25) is 15.9 Å². The van der Waals surface area contributed by atoms with Crippen molar-refractivity contribution in [1.29, 1.82) is 0 Å². The van der Waals surface area contributed by atoms with Crippen molar-refractivity contribution in [2.24, 2.45) is 0 Å². The molecule has 30 heavy (non-hydrogen) atoms. The number of carbonyl (C=O) groups is 1. The fraction of sp³-hybridized carbons (Fsp3) is 0.409. The molecule has 1 saturated heterocycles. The number of benzene rings is 2. The molecule has 0 spiro atoms. The average molecular weight is 432 g/mol. The molecular formula is C22H29N3O4S. The molecule has 2 aromatic rings. The monoisotopic (exact) mass is 431 g/mol. The standard InChI is InChI=1S/C22H29N3O4S/c1-4-21(25(30(3,27)28)20-9-5-17(2)6-10-20)22(26)23-18-7-11-19(12-8-18)24-13-15-29-16-14-24/h5-12,21H,4,13-16H2,1-3H3,(H,23,26)/t21-/m1/s1. The summed E-state index contributed by atoms with van der Waals surface area (Å²) < 4.78 is 31.6. The summed E-state index contributed by atoms with van der Waals surface area (Å²) in [6.45, 7) is 6.82. The van der Waals surface area contributed by atoms with Crippen molar-refractivity contribution in [3.05, 3.63) is 54.1 Å². The molecule has 1 N–H and O–H groups in total. The number of hydrogen-bond acceptors (Lipinski definition) is 5. The van der Waals surface area contributed by atoms with Gasteiger partial charge < -0.3 is 15.0 Å². The molecule has 1 heterocycles. The number of morpholine rings is 1. The summed E-state index contributed by atoms with van der Waals surface area (Å²) in [7, 11) is -3.65. The van der Waals surface area contributed by atoms with E-state index in [1.54, 1.807) is 19.1 Å². The van der Waals surface area contributed by atoms with Crippen molar-refractivity contribution in [3.8, 4) is 0 Å². The van der Waals surface area contributed by atoms with Gasteiger partial charge in [-0.1, -0.05) is 24.6 Å². The zero-order valence-electron chi connectivity index (χ0n) is 17.7. The molecule has 0 bridgehead atoms. The Labute approximate surface area is 178 Å². The zero-order valence-corrected chi connectivity index (χ0v) is 18.5. The number of sulfonamides is 1. The molecule has 1 fully saturated rings. The molecule has 0 radical (unpaired) electrons. The lowest BCUT2D eigenvalue weighted by atomic mass is 10.1. The minimum absolute atomic E-state index is 0.346. The van der Waals surface area contributed by atoms with Crippen LogP contribution in [0.2, 0.25) is 0 Å². The van der Waals surface area contributed by atoms with Crippen LogP contribution in [0.25, 0.3) is 0 Å². The third-order valence-electron chi connectivity index (χ3n) is 5.13. The fourth-order valence-corrected chi connectivity index (χ4v) is 4.77. The Morgan fingerprint density at radius 3 is 2.23 bits per heavy atom. The van der Waals surface area contributed by atoms with Crippen LogP contribution >= 0.6 is 0 Å². The van der Waals surface area contributed by atoms with Gasteiger partial charge in [0.25, 0.3) is 0 Å². The Balaban J connectivity index is 1.77. The largest absolute Gasteiger partial charge is 0.378 e. The van der Waals surface area contributed by atoms with Gasteiger partial charge in [-0.3, -0.25) is 9.10 Å². The smallest absolute Gasteiger partial charge is 0.248 e. The van der Waals surface area contributed by atoms with Crippen LogP contribution in [0.3, 0.4) is 0 Å². The molecule has 3 rings (SSSR count). The lowest BCUT2D eigenvalue weighted by molar-refractivity contribution is -0.117. The van der Waals surface area contributed by atoms with E-state index in [1.165, 1.54) is 4.31 Å². The minimum Gasteiger partial charge on any atom is -0.378 e. The molecule has 8 heteroatoms. The first-order valence-corrected chi connectivity index (χ1v) is 11.9. The first kappa shape index (κ1) is 22.1. The summed E-state index contributed by atoms with van der Waals surface area (Å²) in [5, 5.41) is 2.87. The van der Waals surface area contributed by atoms with E-state index in [0.717, 1.165) is 30.6 Å². The number of ether oxygens (including phenoxy) is 1. The summed E-state index contributed by atoms with van der Waals surface area (Å²) in [4.78, 5) is 15.2. The van der Waals surface area contributed by atoms with Gasteiger partial charge in [-0.2, -0.15) is 0 Å². The Morgan fingerprint density at radius 2 is 1.70 bits per heavy atom. The van der Waals surface area contributed by atoms with Gasteiger partial charge in [0.05, 0.1) is 25.2 Å². The molecule has 1 aliphatic heterocycles. The van der Waals surface area contributed by atoms with E-state index in [4.69, 9.17) is 4.74 Å². The van der Waals surface area contributed by atoms with Crippen molar-refractivity contribution in [2.45, 2.75) is 26.3 Å². The lowest BCUT2D eigenvalue weighted by Gasteiger charge is -2.30. The van der Waals surface area contributed by atoms with Gasteiger partial charge >= 0.3 is 0 Å². The van der Waals surface area contributed by atoms with E-state index in [0.29, 0.717) is 31.0 Å². The first-order chi connectivity index (χ1) is 14.3. The highest BCUT2D eigenvalue weighted by Crippen LogP contribution is 2.24. The molecule has 0 saturated carbocycles. The predicted octanol–water partition coefficient (Wildman–Crippen LogP) is 3.01. The molecule has 0 unspecified atom stereocenters. The highest BCUT2D eigenvalue weighted by Gasteiger charge is 2.31. The summed E-state index contributed by atoms with van der Waals surface area (Å²) in [6, 6.07) is 13.9. The van der Waals surface area contributed by atoms with Gasteiger partial charge in [0.15, 0.2) is 0 Å². The third-order valence-corrected chi connectivity index (χ3v) is 6.31. The Hall–Kier alpha value is -2.58. The van der Waals surface area contributed by atoms with Crippen molar-refractivity contribution >= 4 is 33.0 Å². The van der Waals surface area contributed by atoms with Crippen molar-refractivity contribution in [3.63, 3.8) is 0 Å². The predicted molar refractivity (Wildman–Crippen MR) is 121 cm³/mol. The van der Waals surface area contributed by atoms with Gasteiger partial charge in [-0.15, -0.1) is 0 Å². The number of rotatable bonds is 7. The van der Waals surface area contributed by atoms with Gasteiger partial charge in [-0.05, 0) is 49.7 Å². The van der Waals surface area contributed by atoms with E-state index >= 15 is 0 Å². The first-order valence-electron chi connectivity index (χ1n) is 10.1. The number of anilines is 3. The van der Waals surface area contributed by atoms with Crippen LogP contribution in [0.4, 0.5) is 17.1 Å². The van der Waals surface area contributed by atoms with Crippen LogP contribution < -0.4 is 14.5 Å². The van der Waals surface area contributed by atoms with Crippen LogP contribution in [0.1, 0.15) is 18.9 Å². The maximum absolute atomic E-state index is 13.0. The average Bonchev–Trinajstić information content (AvgIpc) is 2.73. The van der Waals surface area contributed by atoms with Crippen molar-refractivity contribution in [1.82, 2.24) is 0 Å².